The third-order valence-corrected chi connectivity index (χ3v) is 2.62. The standard InChI is InChI=1S/C14H20N2O4/c1-2-11-5-3-4-6-12(11)16-14(19)13(18)15-7-9-20-10-8-17/h3-6,17H,2,7-10H2,1H3,(H,15,18)(H,16,19). The van der Waals surface area contributed by atoms with E-state index in [4.69, 9.17) is 9.84 Å². The van der Waals surface area contributed by atoms with Gasteiger partial charge in [-0.25, -0.2) is 0 Å². The number of nitrogens with one attached hydrogen (secondary N) is 2. The third-order valence-electron chi connectivity index (χ3n) is 2.62. The maximum atomic E-state index is 11.7. The highest BCUT2D eigenvalue weighted by Gasteiger charge is 2.14. The van der Waals surface area contributed by atoms with Crippen LogP contribution >= 0.6 is 0 Å². The molecule has 1 aromatic rings. The molecular weight excluding hydrogens is 260 g/mol. The number of para-hydroxylation sites is 1. The van der Waals surface area contributed by atoms with Gasteiger partial charge in [-0.15, -0.1) is 0 Å². The summed E-state index contributed by atoms with van der Waals surface area (Å²) in [6.45, 7) is 2.60. The van der Waals surface area contributed by atoms with Gasteiger partial charge in [0.15, 0.2) is 0 Å². The van der Waals surface area contributed by atoms with E-state index < -0.39 is 11.8 Å². The van der Waals surface area contributed by atoms with Crippen molar-refractivity contribution in [2.24, 2.45) is 0 Å². The quantitative estimate of drug-likeness (QED) is 0.495. The Morgan fingerprint density at radius 1 is 1.20 bits per heavy atom. The molecule has 110 valence electrons. The van der Waals surface area contributed by atoms with Crippen LogP contribution in [0.3, 0.4) is 0 Å². The molecule has 0 atom stereocenters. The summed E-state index contributed by atoms with van der Waals surface area (Å²) in [5.41, 5.74) is 1.62. The molecule has 20 heavy (non-hydrogen) atoms. The van der Waals surface area contributed by atoms with Crippen molar-refractivity contribution in [3.8, 4) is 0 Å². The molecule has 0 saturated carbocycles. The molecule has 1 rings (SSSR count). The van der Waals surface area contributed by atoms with E-state index in [0.717, 1.165) is 12.0 Å². The first-order valence-electron chi connectivity index (χ1n) is 6.54. The lowest BCUT2D eigenvalue weighted by Gasteiger charge is -2.09. The predicted molar refractivity (Wildman–Crippen MR) is 75.4 cm³/mol. The monoisotopic (exact) mass is 280 g/mol. The topological polar surface area (TPSA) is 87.7 Å². The fourth-order valence-corrected chi connectivity index (χ4v) is 1.61. The van der Waals surface area contributed by atoms with Gasteiger partial charge < -0.3 is 20.5 Å². The van der Waals surface area contributed by atoms with Gasteiger partial charge in [-0.2, -0.15) is 0 Å². The molecule has 6 nitrogen and oxygen atoms in total. The number of benzene rings is 1. The van der Waals surface area contributed by atoms with Gasteiger partial charge in [0.2, 0.25) is 0 Å². The number of anilines is 1. The zero-order chi connectivity index (χ0) is 14.8. The maximum absolute atomic E-state index is 11.7. The highest BCUT2D eigenvalue weighted by Crippen LogP contribution is 2.14. The maximum Gasteiger partial charge on any atom is 0.313 e. The molecule has 1 aromatic carbocycles. The Labute approximate surface area is 118 Å². The Bertz CT molecular complexity index is 449. The van der Waals surface area contributed by atoms with Crippen LogP contribution in [-0.2, 0) is 20.7 Å². The lowest BCUT2D eigenvalue weighted by molar-refractivity contribution is -0.136. The minimum Gasteiger partial charge on any atom is -0.394 e. The number of hydrogen-bond donors (Lipinski definition) is 3. The number of carbonyl (C=O) groups is 2. The summed E-state index contributed by atoms with van der Waals surface area (Å²) in [5.74, 6) is -1.41. The second-order valence-electron chi connectivity index (χ2n) is 4.06. The zero-order valence-electron chi connectivity index (χ0n) is 11.5. The number of ether oxygens (including phenoxy) is 1. The van der Waals surface area contributed by atoms with E-state index in [9.17, 15) is 9.59 Å². The predicted octanol–water partition coefficient (Wildman–Crippen LogP) is 0.313. The fourth-order valence-electron chi connectivity index (χ4n) is 1.61. The van der Waals surface area contributed by atoms with Crippen molar-refractivity contribution in [3.63, 3.8) is 0 Å². The number of aliphatic hydroxyl groups is 1. The molecule has 0 aromatic heterocycles. The van der Waals surface area contributed by atoms with Crippen molar-refractivity contribution in [3.05, 3.63) is 29.8 Å². The average Bonchev–Trinajstić information content (AvgIpc) is 2.47. The molecule has 0 fully saturated rings. The van der Waals surface area contributed by atoms with Crippen molar-refractivity contribution in [1.82, 2.24) is 5.32 Å². The average molecular weight is 280 g/mol. The van der Waals surface area contributed by atoms with Gasteiger partial charge in [0.1, 0.15) is 0 Å². The Kier molecular flexibility index (Phi) is 7.31. The Morgan fingerprint density at radius 3 is 2.65 bits per heavy atom. The summed E-state index contributed by atoms with van der Waals surface area (Å²) >= 11 is 0. The number of carbonyl (C=O) groups excluding carboxylic acids is 2. The molecule has 0 heterocycles. The second-order valence-corrected chi connectivity index (χ2v) is 4.06. The molecule has 0 bridgehead atoms. The highest BCUT2D eigenvalue weighted by atomic mass is 16.5. The van der Waals surface area contributed by atoms with Gasteiger partial charge in [-0.05, 0) is 18.1 Å². The molecule has 3 N–H and O–H groups in total. The molecular formula is C14H20N2O4. The van der Waals surface area contributed by atoms with E-state index in [-0.39, 0.29) is 26.4 Å². The number of rotatable bonds is 7. The van der Waals surface area contributed by atoms with Crippen LogP contribution in [0.2, 0.25) is 0 Å². The summed E-state index contributed by atoms with van der Waals surface area (Å²) < 4.78 is 4.97. The van der Waals surface area contributed by atoms with Crippen LogP contribution < -0.4 is 10.6 Å². The van der Waals surface area contributed by atoms with Crippen LogP contribution in [0.5, 0.6) is 0 Å². The van der Waals surface area contributed by atoms with Crippen molar-refractivity contribution < 1.29 is 19.4 Å². The number of amides is 2. The first-order valence-corrected chi connectivity index (χ1v) is 6.54. The smallest absolute Gasteiger partial charge is 0.313 e. The number of aliphatic hydroxyl groups excluding tert-OH is 1. The first kappa shape index (κ1) is 16.1. The van der Waals surface area contributed by atoms with Crippen LogP contribution in [0.1, 0.15) is 12.5 Å². The molecule has 0 aliphatic carbocycles. The summed E-state index contributed by atoms with van der Waals surface area (Å²) in [7, 11) is 0. The van der Waals surface area contributed by atoms with Crippen LogP contribution in [0, 0.1) is 0 Å². The lowest BCUT2D eigenvalue weighted by atomic mass is 10.1. The van der Waals surface area contributed by atoms with E-state index in [0.29, 0.717) is 5.69 Å². The zero-order valence-corrected chi connectivity index (χ0v) is 11.5. The fraction of sp³-hybridized carbons (Fsp3) is 0.429. The molecule has 0 aliphatic rings. The SMILES string of the molecule is CCc1ccccc1NC(=O)C(=O)NCCOCCO. The summed E-state index contributed by atoms with van der Waals surface area (Å²) in [6.07, 6.45) is 0.771. The minimum absolute atomic E-state index is 0.0672. The van der Waals surface area contributed by atoms with Crippen molar-refractivity contribution >= 4 is 17.5 Å². The van der Waals surface area contributed by atoms with Gasteiger partial charge in [0, 0.05) is 12.2 Å². The van der Waals surface area contributed by atoms with Crippen LogP contribution in [0.15, 0.2) is 24.3 Å². The van der Waals surface area contributed by atoms with Crippen molar-refractivity contribution in [2.45, 2.75) is 13.3 Å². The summed E-state index contributed by atoms with van der Waals surface area (Å²) in [4.78, 5) is 23.2. The van der Waals surface area contributed by atoms with Crippen molar-refractivity contribution in [1.29, 1.82) is 0 Å². The summed E-state index contributed by atoms with van der Waals surface area (Å²) in [5, 5.41) is 13.5. The van der Waals surface area contributed by atoms with E-state index >= 15 is 0 Å². The normalized spacial score (nSPS) is 10.1. The number of hydrogen-bond acceptors (Lipinski definition) is 4. The molecule has 0 unspecified atom stereocenters. The largest absolute Gasteiger partial charge is 0.394 e. The molecule has 2 amide bonds. The Hall–Kier alpha value is -1.92. The molecule has 6 heteroatoms. The molecule has 0 spiro atoms. The number of aryl methyl sites for hydroxylation is 1. The van der Waals surface area contributed by atoms with Gasteiger partial charge in [0.25, 0.3) is 0 Å². The molecule has 0 radical (unpaired) electrons. The van der Waals surface area contributed by atoms with Crippen LogP contribution in [0.4, 0.5) is 5.69 Å². The van der Waals surface area contributed by atoms with Gasteiger partial charge in [-0.3, -0.25) is 9.59 Å². The summed E-state index contributed by atoms with van der Waals surface area (Å²) in [6, 6.07) is 7.34. The van der Waals surface area contributed by atoms with Crippen LogP contribution in [0.25, 0.3) is 0 Å². The van der Waals surface area contributed by atoms with Gasteiger partial charge in [-0.1, -0.05) is 25.1 Å². The first-order chi connectivity index (χ1) is 9.69. The molecule has 0 saturated heterocycles. The van der Waals surface area contributed by atoms with E-state index in [2.05, 4.69) is 10.6 Å². The Morgan fingerprint density at radius 2 is 1.95 bits per heavy atom. The van der Waals surface area contributed by atoms with Crippen LogP contribution in [-0.4, -0.2) is 43.3 Å². The Balaban J connectivity index is 2.40. The van der Waals surface area contributed by atoms with E-state index in [1.54, 1.807) is 12.1 Å². The van der Waals surface area contributed by atoms with E-state index in [1.807, 2.05) is 19.1 Å². The minimum atomic E-state index is -0.705. The highest BCUT2D eigenvalue weighted by molar-refractivity contribution is 6.39. The van der Waals surface area contributed by atoms with Gasteiger partial charge in [0.05, 0.1) is 19.8 Å². The van der Waals surface area contributed by atoms with Crippen molar-refractivity contribution in [2.75, 3.05) is 31.7 Å². The van der Waals surface area contributed by atoms with Gasteiger partial charge >= 0.3 is 11.8 Å². The molecule has 0 aliphatic heterocycles. The second kappa shape index (κ2) is 9.06. The lowest BCUT2D eigenvalue weighted by Crippen LogP contribution is -2.37. The third kappa shape index (κ3) is 5.38. The van der Waals surface area contributed by atoms with E-state index in [1.165, 1.54) is 0 Å².